The zero-order valence-electron chi connectivity index (χ0n) is 18.0. The van der Waals surface area contributed by atoms with E-state index >= 15 is 0 Å². The van der Waals surface area contributed by atoms with Crippen molar-refractivity contribution in [2.24, 2.45) is 5.92 Å². The van der Waals surface area contributed by atoms with Gasteiger partial charge in [0.2, 0.25) is 5.95 Å². The van der Waals surface area contributed by atoms with E-state index < -0.39 is 0 Å². The number of halogens is 1. The number of aromatic nitrogens is 3. The van der Waals surface area contributed by atoms with E-state index in [1.54, 1.807) is 23.6 Å². The van der Waals surface area contributed by atoms with Crippen LogP contribution >= 0.6 is 11.3 Å². The van der Waals surface area contributed by atoms with Gasteiger partial charge in [-0.1, -0.05) is 44.7 Å². The largest absolute Gasteiger partial charge is 0.351 e. The molecule has 0 atom stereocenters. The molecule has 2 aromatic heterocycles. The van der Waals surface area contributed by atoms with Crippen LogP contribution in [0, 0.1) is 11.7 Å². The van der Waals surface area contributed by atoms with Gasteiger partial charge in [0.25, 0.3) is 0 Å². The Hall–Kier alpha value is -2.34. The van der Waals surface area contributed by atoms with E-state index in [1.165, 1.54) is 44.6 Å². The zero-order valence-corrected chi connectivity index (χ0v) is 18.8. The summed E-state index contributed by atoms with van der Waals surface area (Å²) in [6.45, 7) is 2.33. The van der Waals surface area contributed by atoms with Gasteiger partial charge < -0.3 is 5.32 Å². The first-order valence-electron chi connectivity index (χ1n) is 11.5. The quantitative estimate of drug-likeness (QED) is 0.465. The third-order valence-electron chi connectivity index (χ3n) is 6.71. The van der Waals surface area contributed by atoms with E-state index in [9.17, 15) is 4.39 Å². The second-order valence-electron chi connectivity index (χ2n) is 9.06. The smallest absolute Gasteiger partial charge is 0.223 e. The molecule has 2 aliphatic rings. The van der Waals surface area contributed by atoms with E-state index in [-0.39, 0.29) is 5.82 Å². The van der Waals surface area contributed by atoms with Crippen LogP contribution in [0.5, 0.6) is 0 Å². The number of benzene rings is 1. The molecule has 6 heteroatoms. The molecule has 1 aromatic carbocycles. The highest BCUT2D eigenvalue weighted by Crippen LogP contribution is 2.43. The minimum Gasteiger partial charge on any atom is -0.351 e. The molecule has 4 nitrogen and oxygen atoms in total. The van der Waals surface area contributed by atoms with E-state index in [1.807, 2.05) is 18.2 Å². The van der Waals surface area contributed by atoms with Crippen LogP contribution in [0.3, 0.4) is 0 Å². The van der Waals surface area contributed by atoms with Crippen LogP contribution in [0.4, 0.5) is 10.3 Å². The van der Waals surface area contributed by atoms with Gasteiger partial charge >= 0.3 is 0 Å². The van der Waals surface area contributed by atoms with Gasteiger partial charge in [-0.15, -0.1) is 11.3 Å². The fraction of sp³-hybridized carbons (Fsp3) is 0.480. The minimum atomic E-state index is -0.240. The van der Waals surface area contributed by atoms with Gasteiger partial charge in [0.1, 0.15) is 5.82 Å². The van der Waals surface area contributed by atoms with E-state index in [0.29, 0.717) is 29.2 Å². The summed E-state index contributed by atoms with van der Waals surface area (Å²) in [5.41, 5.74) is 2.08. The third-order valence-corrected chi connectivity index (χ3v) is 7.95. The number of hydrogen-bond acceptors (Lipinski definition) is 5. The van der Waals surface area contributed by atoms with Crippen LogP contribution in [0.15, 0.2) is 36.5 Å². The number of anilines is 1. The first-order valence-corrected chi connectivity index (χ1v) is 12.3. The number of nitrogens with zero attached hydrogens (tertiary/aromatic N) is 3. The second-order valence-corrected chi connectivity index (χ2v) is 10.1. The lowest BCUT2D eigenvalue weighted by molar-refractivity contribution is 0.347. The minimum absolute atomic E-state index is 0.240. The third kappa shape index (κ3) is 4.49. The fourth-order valence-corrected chi connectivity index (χ4v) is 6.05. The predicted molar refractivity (Wildman–Crippen MR) is 125 cm³/mol. The summed E-state index contributed by atoms with van der Waals surface area (Å²) in [5.74, 6) is 1.66. The maximum Gasteiger partial charge on any atom is 0.223 e. The van der Waals surface area contributed by atoms with E-state index in [2.05, 4.69) is 17.2 Å². The van der Waals surface area contributed by atoms with Crippen molar-refractivity contribution in [3.8, 4) is 21.8 Å². The summed E-state index contributed by atoms with van der Waals surface area (Å²) in [7, 11) is 0. The number of hydrogen-bond donors (Lipinski definition) is 1. The van der Waals surface area contributed by atoms with Crippen LogP contribution in [0.2, 0.25) is 0 Å². The maximum absolute atomic E-state index is 14.7. The highest BCUT2D eigenvalue weighted by molar-refractivity contribution is 7.15. The molecule has 31 heavy (non-hydrogen) atoms. The average Bonchev–Trinajstić information content (AvgIpc) is 3.45. The van der Waals surface area contributed by atoms with Crippen LogP contribution in [-0.4, -0.2) is 21.0 Å². The topological polar surface area (TPSA) is 50.7 Å². The molecule has 162 valence electrons. The Morgan fingerprint density at radius 1 is 0.968 bits per heavy atom. The Bertz CT molecular complexity index is 1040. The molecular formula is C25H29FN4S. The molecule has 2 saturated carbocycles. The first-order chi connectivity index (χ1) is 15.2. The molecule has 1 N–H and O–H groups in total. The summed E-state index contributed by atoms with van der Waals surface area (Å²) in [6, 6.07) is 9.29. The highest BCUT2D eigenvalue weighted by atomic mass is 32.1. The number of nitrogens with one attached hydrogen (secondary N) is 1. The maximum atomic E-state index is 14.7. The molecule has 0 bridgehead atoms. The van der Waals surface area contributed by atoms with Crippen molar-refractivity contribution in [2.75, 3.05) is 5.32 Å². The zero-order chi connectivity index (χ0) is 21.2. The number of rotatable bonds is 5. The monoisotopic (exact) mass is 436 g/mol. The molecule has 0 spiro atoms. The lowest BCUT2D eigenvalue weighted by atomic mass is 9.83. The van der Waals surface area contributed by atoms with Gasteiger partial charge in [0.05, 0.1) is 21.3 Å². The summed E-state index contributed by atoms with van der Waals surface area (Å²) in [6.07, 6.45) is 11.4. The molecule has 2 aliphatic carbocycles. The SMILES string of the molecule is CC1CCC(c2nc(-c3ccccc3F)c(-c3ccnc(NC4CCCC4)n3)s2)CC1. The Balaban J connectivity index is 1.53. The summed E-state index contributed by atoms with van der Waals surface area (Å²) < 4.78 is 14.7. The second kappa shape index (κ2) is 9.03. The van der Waals surface area contributed by atoms with E-state index in [4.69, 9.17) is 9.97 Å². The van der Waals surface area contributed by atoms with Crippen molar-refractivity contribution in [3.05, 3.63) is 47.4 Å². The lowest BCUT2D eigenvalue weighted by Gasteiger charge is -2.24. The molecule has 0 amide bonds. The normalized spacial score (nSPS) is 22.0. The Labute approximate surface area is 187 Å². The predicted octanol–water partition coefficient (Wildman–Crippen LogP) is 7.05. The van der Waals surface area contributed by atoms with Crippen molar-refractivity contribution in [1.29, 1.82) is 0 Å². The highest BCUT2D eigenvalue weighted by Gasteiger charge is 2.26. The first kappa shape index (κ1) is 20.6. The van der Waals surface area contributed by atoms with Crippen LogP contribution in [0.1, 0.15) is 69.2 Å². The van der Waals surface area contributed by atoms with Gasteiger partial charge in [-0.2, -0.15) is 0 Å². The molecule has 2 fully saturated rings. The standard InChI is InChI=1S/C25H29FN4S/c1-16-10-12-17(13-11-16)24-30-22(19-8-4-5-9-20(19)26)23(31-24)21-14-15-27-25(29-21)28-18-6-2-3-7-18/h4-5,8-9,14-18H,2-3,6-7,10-13H2,1H3,(H,27,28,29). The molecule has 0 saturated heterocycles. The van der Waals surface area contributed by atoms with Crippen LogP contribution in [-0.2, 0) is 0 Å². The van der Waals surface area contributed by atoms with Crippen LogP contribution < -0.4 is 5.32 Å². The molecule has 3 aromatic rings. The van der Waals surface area contributed by atoms with Gasteiger partial charge in [0, 0.05) is 23.7 Å². The molecule has 5 rings (SSSR count). The Morgan fingerprint density at radius 2 is 1.74 bits per heavy atom. The van der Waals surface area contributed by atoms with E-state index in [0.717, 1.165) is 34.3 Å². The average molecular weight is 437 g/mol. The van der Waals surface area contributed by atoms with Crippen molar-refractivity contribution in [3.63, 3.8) is 0 Å². The van der Waals surface area contributed by atoms with Gasteiger partial charge in [0.15, 0.2) is 0 Å². The summed E-state index contributed by atoms with van der Waals surface area (Å²) in [4.78, 5) is 15.2. The molecule has 0 unspecified atom stereocenters. The van der Waals surface area contributed by atoms with Gasteiger partial charge in [-0.3, -0.25) is 0 Å². The van der Waals surface area contributed by atoms with Crippen LogP contribution in [0.25, 0.3) is 21.8 Å². The molecule has 2 heterocycles. The molecular weight excluding hydrogens is 407 g/mol. The molecule has 0 radical (unpaired) electrons. The molecule has 0 aliphatic heterocycles. The van der Waals surface area contributed by atoms with Crippen molar-refractivity contribution in [2.45, 2.75) is 70.3 Å². The summed E-state index contributed by atoms with van der Waals surface area (Å²) >= 11 is 1.68. The van der Waals surface area contributed by atoms with Crippen molar-refractivity contribution in [1.82, 2.24) is 15.0 Å². The summed E-state index contributed by atoms with van der Waals surface area (Å²) in [5, 5.41) is 4.60. The fourth-order valence-electron chi connectivity index (χ4n) is 4.84. The van der Waals surface area contributed by atoms with Crippen molar-refractivity contribution < 1.29 is 4.39 Å². The Morgan fingerprint density at radius 3 is 2.52 bits per heavy atom. The Kier molecular flexibility index (Phi) is 5.99. The van der Waals surface area contributed by atoms with Gasteiger partial charge in [-0.25, -0.2) is 19.3 Å². The lowest BCUT2D eigenvalue weighted by Crippen LogP contribution is -2.16. The van der Waals surface area contributed by atoms with Crippen molar-refractivity contribution >= 4 is 17.3 Å². The van der Waals surface area contributed by atoms with Gasteiger partial charge in [-0.05, 0) is 49.8 Å². The number of thiazole rings is 1.